The molecule has 0 aromatic heterocycles. The van der Waals surface area contributed by atoms with E-state index in [4.69, 9.17) is 0 Å². The molecule has 2 saturated heterocycles. The summed E-state index contributed by atoms with van der Waals surface area (Å²) in [7, 11) is 0. The number of nitrogens with one attached hydrogen (secondary N) is 1. The molecular weight excluding hydrogens is 230 g/mol. The van der Waals surface area contributed by atoms with Gasteiger partial charge in [0.2, 0.25) is 11.8 Å². The van der Waals surface area contributed by atoms with Gasteiger partial charge in [-0.2, -0.15) is 0 Å². The molecule has 0 radical (unpaired) electrons. The molecule has 1 N–H and O–H groups in total. The highest BCUT2D eigenvalue weighted by atomic mass is 16.2. The van der Waals surface area contributed by atoms with E-state index in [0.29, 0.717) is 6.04 Å². The normalized spacial score (nSPS) is 27.9. The monoisotopic (exact) mass is 253 g/mol. The summed E-state index contributed by atoms with van der Waals surface area (Å²) < 4.78 is 0. The number of rotatable bonds is 3. The Hall–Kier alpha value is -1.10. The second-order valence-corrected chi connectivity index (χ2v) is 5.29. The number of carbonyl (C=O) groups excluding carboxylic acids is 2. The highest BCUT2D eigenvalue weighted by molar-refractivity contribution is 5.74. The van der Waals surface area contributed by atoms with Gasteiger partial charge in [-0.1, -0.05) is 0 Å². The van der Waals surface area contributed by atoms with Crippen molar-refractivity contribution < 1.29 is 9.59 Å². The van der Waals surface area contributed by atoms with Gasteiger partial charge in [-0.3, -0.25) is 14.9 Å². The SMILES string of the molecule is CC(=O)N1CCCC1CNC1CCCN1C(C)=O. The molecular formula is C13H23N3O2. The van der Waals surface area contributed by atoms with Gasteiger partial charge in [-0.25, -0.2) is 0 Å². The van der Waals surface area contributed by atoms with Gasteiger partial charge in [-0.15, -0.1) is 0 Å². The number of hydrogen-bond donors (Lipinski definition) is 1. The van der Waals surface area contributed by atoms with Crippen LogP contribution in [0.1, 0.15) is 39.5 Å². The van der Waals surface area contributed by atoms with E-state index in [2.05, 4.69) is 5.32 Å². The first-order valence-corrected chi connectivity index (χ1v) is 6.87. The third-order valence-electron chi connectivity index (χ3n) is 4.03. The van der Waals surface area contributed by atoms with Crippen LogP contribution in [0.4, 0.5) is 0 Å². The van der Waals surface area contributed by atoms with E-state index in [1.165, 1.54) is 0 Å². The fourth-order valence-corrected chi connectivity index (χ4v) is 3.09. The summed E-state index contributed by atoms with van der Waals surface area (Å²) in [6.07, 6.45) is 4.41. The lowest BCUT2D eigenvalue weighted by Crippen LogP contribution is -2.49. The lowest BCUT2D eigenvalue weighted by atomic mass is 10.2. The molecule has 2 fully saturated rings. The summed E-state index contributed by atoms with van der Waals surface area (Å²) >= 11 is 0. The predicted octanol–water partition coefficient (Wildman–Crippen LogP) is 0.555. The van der Waals surface area contributed by atoms with E-state index in [0.717, 1.165) is 45.3 Å². The minimum atomic E-state index is 0.139. The van der Waals surface area contributed by atoms with Crippen LogP contribution in [0.3, 0.4) is 0 Å². The summed E-state index contributed by atoms with van der Waals surface area (Å²) in [6, 6.07) is 0.303. The molecule has 0 spiro atoms. The first-order valence-electron chi connectivity index (χ1n) is 6.87. The highest BCUT2D eigenvalue weighted by Crippen LogP contribution is 2.19. The van der Waals surface area contributed by atoms with Gasteiger partial charge in [0, 0.05) is 39.5 Å². The van der Waals surface area contributed by atoms with Crippen LogP contribution in [-0.2, 0) is 9.59 Å². The Balaban J connectivity index is 1.84. The summed E-state index contributed by atoms with van der Waals surface area (Å²) in [5, 5.41) is 3.45. The van der Waals surface area contributed by atoms with E-state index >= 15 is 0 Å². The Morgan fingerprint density at radius 2 is 1.67 bits per heavy atom. The molecule has 0 saturated carbocycles. The van der Waals surface area contributed by atoms with Crippen molar-refractivity contribution in [3.8, 4) is 0 Å². The maximum absolute atomic E-state index is 11.5. The van der Waals surface area contributed by atoms with E-state index < -0.39 is 0 Å². The van der Waals surface area contributed by atoms with Crippen molar-refractivity contribution in [1.82, 2.24) is 15.1 Å². The topological polar surface area (TPSA) is 52.7 Å². The van der Waals surface area contributed by atoms with Crippen LogP contribution < -0.4 is 5.32 Å². The van der Waals surface area contributed by atoms with Crippen molar-refractivity contribution in [3.63, 3.8) is 0 Å². The number of nitrogens with zero attached hydrogens (tertiary/aromatic N) is 2. The van der Waals surface area contributed by atoms with Gasteiger partial charge in [0.15, 0.2) is 0 Å². The first kappa shape index (κ1) is 13.3. The molecule has 2 atom stereocenters. The Labute approximate surface area is 108 Å². The largest absolute Gasteiger partial charge is 0.339 e. The minimum Gasteiger partial charge on any atom is -0.339 e. The summed E-state index contributed by atoms with van der Waals surface area (Å²) in [4.78, 5) is 26.7. The van der Waals surface area contributed by atoms with E-state index in [1.54, 1.807) is 13.8 Å². The quantitative estimate of drug-likeness (QED) is 0.799. The zero-order valence-electron chi connectivity index (χ0n) is 11.3. The van der Waals surface area contributed by atoms with Crippen LogP contribution in [0.2, 0.25) is 0 Å². The molecule has 0 aromatic rings. The molecule has 2 aliphatic heterocycles. The van der Waals surface area contributed by atoms with Gasteiger partial charge in [0.05, 0.1) is 6.17 Å². The molecule has 0 bridgehead atoms. The fourth-order valence-electron chi connectivity index (χ4n) is 3.09. The molecule has 18 heavy (non-hydrogen) atoms. The molecule has 5 nitrogen and oxygen atoms in total. The van der Waals surface area contributed by atoms with Crippen LogP contribution in [0, 0.1) is 0 Å². The van der Waals surface area contributed by atoms with Gasteiger partial charge in [0.1, 0.15) is 0 Å². The van der Waals surface area contributed by atoms with Crippen LogP contribution in [-0.4, -0.2) is 53.5 Å². The molecule has 5 heteroatoms. The lowest BCUT2D eigenvalue weighted by Gasteiger charge is -2.29. The number of carbonyl (C=O) groups is 2. The molecule has 102 valence electrons. The van der Waals surface area contributed by atoms with Crippen molar-refractivity contribution in [3.05, 3.63) is 0 Å². The van der Waals surface area contributed by atoms with Crippen molar-refractivity contribution in [2.45, 2.75) is 51.7 Å². The molecule has 2 amide bonds. The van der Waals surface area contributed by atoms with E-state index in [-0.39, 0.29) is 18.0 Å². The van der Waals surface area contributed by atoms with Gasteiger partial charge in [0.25, 0.3) is 0 Å². The summed E-state index contributed by atoms with van der Waals surface area (Å²) in [6.45, 7) is 5.79. The zero-order valence-corrected chi connectivity index (χ0v) is 11.3. The van der Waals surface area contributed by atoms with Crippen molar-refractivity contribution in [2.24, 2.45) is 0 Å². The molecule has 2 rings (SSSR count). The van der Waals surface area contributed by atoms with Crippen molar-refractivity contribution >= 4 is 11.8 Å². The first-order chi connectivity index (χ1) is 8.59. The lowest BCUT2D eigenvalue weighted by molar-refractivity contribution is -0.131. The Morgan fingerprint density at radius 3 is 2.33 bits per heavy atom. The standard InChI is InChI=1S/C13H23N3O2/c1-10(17)15-7-3-5-12(15)9-14-13-6-4-8-16(13)11(2)18/h12-14H,3-9H2,1-2H3. The van der Waals surface area contributed by atoms with Crippen LogP contribution >= 0.6 is 0 Å². The maximum Gasteiger partial charge on any atom is 0.220 e. The van der Waals surface area contributed by atoms with Gasteiger partial charge >= 0.3 is 0 Å². The highest BCUT2D eigenvalue weighted by Gasteiger charge is 2.30. The summed E-state index contributed by atoms with van der Waals surface area (Å²) in [5.74, 6) is 0.300. The molecule has 0 aliphatic carbocycles. The average molecular weight is 253 g/mol. The second-order valence-electron chi connectivity index (χ2n) is 5.29. The third-order valence-corrected chi connectivity index (χ3v) is 4.03. The Bertz CT molecular complexity index is 300. The van der Waals surface area contributed by atoms with Crippen LogP contribution in [0.25, 0.3) is 0 Å². The molecule has 0 aromatic carbocycles. The second kappa shape index (κ2) is 5.69. The summed E-state index contributed by atoms with van der Waals surface area (Å²) in [5.41, 5.74) is 0. The maximum atomic E-state index is 11.5. The van der Waals surface area contributed by atoms with Gasteiger partial charge < -0.3 is 9.80 Å². The zero-order chi connectivity index (χ0) is 13.1. The van der Waals surface area contributed by atoms with Crippen molar-refractivity contribution in [2.75, 3.05) is 19.6 Å². The average Bonchev–Trinajstić information content (AvgIpc) is 2.94. The smallest absolute Gasteiger partial charge is 0.220 e. The van der Waals surface area contributed by atoms with Crippen LogP contribution in [0.5, 0.6) is 0 Å². The Kier molecular flexibility index (Phi) is 4.22. The predicted molar refractivity (Wildman–Crippen MR) is 68.8 cm³/mol. The third kappa shape index (κ3) is 2.83. The fraction of sp³-hybridized carbons (Fsp3) is 0.846. The number of hydrogen-bond acceptors (Lipinski definition) is 3. The molecule has 2 aliphatic rings. The van der Waals surface area contributed by atoms with Gasteiger partial charge in [-0.05, 0) is 25.7 Å². The van der Waals surface area contributed by atoms with E-state index in [9.17, 15) is 9.59 Å². The Morgan fingerprint density at radius 1 is 1.06 bits per heavy atom. The molecule has 2 heterocycles. The number of amides is 2. The molecule has 2 unspecified atom stereocenters. The van der Waals surface area contributed by atoms with Crippen molar-refractivity contribution in [1.29, 1.82) is 0 Å². The van der Waals surface area contributed by atoms with Crippen LogP contribution in [0.15, 0.2) is 0 Å². The number of likely N-dealkylation sites (tertiary alicyclic amines) is 2. The van der Waals surface area contributed by atoms with E-state index in [1.807, 2.05) is 9.80 Å². The minimum absolute atomic E-state index is 0.139.